The number of thiophene rings is 1. The van der Waals surface area contributed by atoms with Crippen LogP contribution in [0.15, 0.2) is 11.4 Å². The van der Waals surface area contributed by atoms with Crippen LogP contribution in [0.1, 0.15) is 22.2 Å². The van der Waals surface area contributed by atoms with Gasteiger partial charge in [0.15, 0.2) is 5.78 Å². The first-order valence-corrected chi connectivity index (χ1v) is 3.62. The quantitative estimate of drug-likeness (QED) is 0.574. The lowest BCUT2D eigenvalue weighted by Crippen LogP contribution is -1.90. The fourth-order valence-corrected chi connectivity index (χ4v) is 1.40. The predicted octanol–water partition coefficient (Wildman–Crippen LogP) is 1.82. The van der Waals surface area contributed by atoms with E-state index in [4.69, 9.17) is 5.26 Å². The highest BCUT2D eigenvalue weighted by atomic mass is 32.1. The fourth-order valence-electron chi connectivity index (χ4n) is 0.673. The van der Waals surface area contributed by atoms with Crippen molar-refractivity contribution in [1.29, 1.82) is 5.26 Å². The maximum absolute atomic E-state index is 10.7. The molecule has 0 radical (unpaired) electrons. The number of hydrogen-bond acceptors (Lipinski definition) is 3. The van der Waals surface area contributed by atoms with Gasteiger partial charge in [0.25, 0.3) is 0 Å². The van der Waals surface area contributed by atoms with Gasteiger partial charge in [0.05, 0.1) is 0 Å². The van der Waals surface area contributed by atoms with E-state index in [1.807, 2.05) is 6.07 Å². The Labute approximate surface area is 62.7 Å². The lowest BCUT2D eigenvalue weighted by atomic mass is 10.2. The molecule has 0 amide bonds. The van der Waals surface area contributed by atoms with Crippen LogP contribution in [-0.4, -0.2) is 5.78 Å². The van der Waals surface area contributed by atoms with Gasteiger partial charge in [-0.05, 0) is 18.4 Å². The summed E-state index contributed by atoms with van der Waals surface area (Å²) >= 11 is 1.30. The Morgan fingerprint density at radius 2 is 2.50 bits per heavy atom. The first-order valence-electron chi connectivity index (χ1n) is 2.74. The summed E-state index contributed by atoms with van der Waals surface area (Å²) in [5.41, 5.74) is 0.535. The molecule has 0 saturated carbocycles. The molecular formula is C7H5NOS. The monoisotopic (exact) mass is 151 g/mol. The van der Waals surface area contributed by atoms with Crippen LogP contribution in [0.2, 0.25) is 0 Å². The molecule has 0 aliphatic rings. The van der Waals surface area contributed by atoms with Gasteiger partial charge < -0.3 is 0 Å². The number of nitriles is 1. The van der Waals surface area contributed by atoms with Gasteiger partial charge >= 0.3 is 0 Å². The summed E-state index contributed by atoms with van der Waals surface area (Å²) in [6.45, 7) is 1.46. The molecule has 10 heavy (non-hydrogen) atoms. The first-order chi connectivity index (χ1) is 4.75. The summed E-state index contributed by atoms with van der Waals surface area (Å²) in [5.74, 6) is -0.0437. The third-order valence-corrected chi connectivity index (χ3v) is 1.97. The number of Topliss-reactive ketones (excluding diaryl/α,β-unsaturated/α-hetero) is 1. The van der Waals surface area contributed by atoms with Gasteiger partial charge in [-0.1, -0.05) is 0 Å². The summed E-state index contributed by atoms with van der Waals surface area (Å²) in [5, 5.41) is 10.2. The van der Waals surface area contributed by atoms with Crippen LogP contribution >= 0.6 is 11.3 Å². The molecule has 0 saturated heterocycles. The molecule has 1 aromatic rings. The molecule has 0 aliphatic heterocycles. The molecule has 0 bridgehead atoms. The van der Waals surface area contributed by atoms with Crippen LogP contribution in [0.5, 0.6) is 0 Å². The van der Waals surface area contributed by atoms with E-state index in [1.54, 1.807) is 11.4 Å². The molecule has 0 spiro atoms. The second-order valence-corrected chi connectivity index (χ2v) is 2.75. The number of carbonyl (C=O) groups is 1. The SMILES string of the molecule is CC(=O)c1ccsc1C#N. The van der Waals surface area contributed by atoms with Crippen molar-refractivity contribution >= 4 is 17.1 Å². The number of hydrogen-bond donors (Lipinski definition) is 0. The maximum atomic E-state index is 10.7. The van der Waals surface area contributed by atoms with Crippen molar-refractivity contribution in [2.45, 2.75) is 6.92 Å². The van der Waals surface area contributed by atoms with E-state index in [9.17, 15) is 4.79 Å². The Hall–Kier alpha value is -1.14. The van der Waals surface area contributed by atoms with Crippen molar-refractivity contribution in [3.05, 3.63) is 21.9 Å². The topological polar surface area (TPSA) is 40.9 Å². The van der Waals surface area contributed by atoms with Crippen molar-refractivity contribution in [3.8, 4) is 6.07 Å². The average Bonchev–Trinajstić information content (AvgIpc) is 2.33. The number of ketones is 1. The predicted molar refractivity (Wildman–Crippen MR) is 39.0 cm³/mol. The van der Waals surface area contributed by atoms with Crippen molar-refractivity contribution in [2.75, 3.05) is 0 Å². The smallest absolute Gasteiger partial charge is 0.161 e. The lowest BCUT2D eigenvalue weighted by Gasteiger charge is -1.85. The summed E-state index contributed by atoms with van der Waals surface area (Å²) < 4.78 is 0. The van der Waals surface area contributed by atoms with Gasteiger partial charge in [-0.25, -0.2) is 0 Å². The molecule has 0 aliphatic carbocycles. The Balaban J connectivity index is 3.17. The summed E-state index contributed by atoms with van der Waals surface area (Å²) in [6, 6.07) is 3.63. The van der Waals surface area contributed by atoms with E-state index in [0.717, 1.165) is 0 Å². The summed E-state index contributed by atoms with van der Waals surface area (Å²) in [6.07, 6.45) is 0. The van der Waals surface area contributed by atoms with Crippen LogP contribution in [-0.2, 0) is 0 Å². The average molecular weight is 151 g/mol. The molecular weight excluding hydrogens is 146 g/mol. The normalized spacial score (nSPS) is 8.80. The third-order valence-electron chi connectivity index (χ3n) is 1.15. The van der Waals surface area contributed by atoms with E-state index < -0.39 is 0 Å². The first kappa shape index (κ1) is 6.97. The minimum absolute atomic E-state index is 0.0437. The van der Waals surface area contributed by atoms with Crippen LogP contribution in [0.4, 0.5) is 0 Å². The molecule has 0 N–H and O–H groups in total. The molecule has 3 heteroatoms. The zero-order valence-electron chi connectivity index (χ0n) is 5.42. The van der Waals surface area contributed by atoms with Crippen LogP contribution < -0.4 is 0 Å². The van der Waals surface area contributed by atoms with Crippen molar-refractivity contribution in [2.24, 2.45) is 0 Å². The summed E-state index contributed by atoms with van der Waals surface area (Å²) in [4.78, 5) is 11.2. The largest absolute Gasteiger partial charge is 0.294 e. The second kappa shape index (κ2) is 2.63. The van der Waals surface area contributed by atoms with Gasteiger partial charge in [0.1, 0.15) is 10.9 Å². The highest BCUT2D eigenvalue weighted by Crippen LogP contribution is 2.15. The minimum atomic E-state index is -0.0437. The van der Waals surface area contributed by atoms with E-state index in [0.29, 0.717) is 10.4 Å². The fraction of sp³-hybridized carbons (Fsp3) is 0.143. The Morgan fingerprint density at radius 3 is 2.90 bits per heavy atom. The van der Waals surface area contributed by atoms with Gasteiger partial charge in [0.2, 0.25) is 0 Å². The van der Waals surface area contributed by atoms with Crippen LogP contribution in [0.25, 0.3) is 0 Å². The molecule has 0 atom stereocenters. The minimum Gasteiger partial charge on any atom is -0.294 e. The molecule has 2 nitrogen and oxygen atoms in total. The Bertz CT molecular complexity index is 295. The van der Waals surface area contributed by atoms with Gasteiger partial charge in [-0.3, -0.25) is 4.79 Å². The van der Waals surface area contributed by atoms with E-state index >= 15 is 0 Å². The molecule has 50 valence electrons. The zero-order valence-corrected chi connectivity index (χ0v) is 6.23. The highest BCUT2D eigenvalue weighted by Gasteiger charge is 2.06. The van der Waals surface area contributed by atoms with Gasteiger partial charge in [-0.2, -0.15) is 5.26 Å². The molecule has 0 aromatic carbocycles. The van der Waals surface area contributed by atoms with E-state index in [2.05, 4.69) is 0 Å². The van der Waals surface area contributed by atoms with Gasteiger partial charge in [-0.15, -0.1) is 11.3 Å². The second-order valence-electron chi connectivity index (χ2n) is 1.83. The maximum Gasteiger partial charge on any atom is 0.161 e. The van der Waals surface area contributed by atoms with Crippen LogP contribution in [0, 0.1) is 11.3 Å². The molecule has 1 aromatic heterocycles. The van der Waals surface area contributed by atoms with E-state index in [-0.39, 0.29) is 5.78 Å². The number of carbonyl (C=O) groups excluding carboxylic acids is 1. The molecule has 0 fully saturated rings. The zero-order chi connectivity index (χ0) is 7.56. The Morgan fingerprint density at radius 1 is 1.80 bits per heavy atom. The van der Waals surface area contributed by atoms with Crippen molar-refractivity contribution in [1.82, 2.24) is 0 Å². The molecule has 1 rings (SSSR count). The lowest BCUT2D eigenvalue weighted by molar-refractivity contribution is 0.101. The van der Waals surface area contributed by atoms with Crippen molar-refractivity contribution in [3.63, 3.8) is 0 Å². The van der Waals surface area contributed by atoms with E-state index in [1.165, 1.54) is 18.3 Å². The number of rotatable bonds is 1. The molecule has 0 unspecified atom stereocenters. The standard InChI is InChI=1S/C7H5NOS/c1-5(9)6-2-3-10-7(6)4-8/h2-3H,1H3. The number of nitrogens with zero attached hydrogens (tertiary/aromatic N) is 1. The Kier molecular flexibility index (Phi) is 1.83. The molecule has 1 heterocycles. The highest BCUT2D eigenvalue weighted by molar-refractivity contribution is 7.10. The van der Waals surface area contributed by atoms with Crippen molar-refractivity contribution < 1.29 is 4.79 Å². The third kappa shape index (κ3) is 1.07. The summed E-state index contributed by atoms with van der Waals surface area (Å²) in [7, 11) is 0. The van der Waals surface area contributed by atoms with Gasteiger partial charge in [0, 0.05) is 5.56 Å². The van der Waals surface area contributed by atoms with Crippen LogP contribution in [0.3, 0.4) is 0 Å².